The molecule has 0 radical (unpaired) electrons. The lowest BCUT2D eigenvalue weighted by Gasteiger charge is -2.25. The molecule has 1 saturated carbocycles. The smallest absolute Gasteiger partial charge is 0.253 e. The first-order valence-electron chi connectivity index (χ1n) is 12.6. The highest BCUT2D eigenvalue weighted by Gasteiger charge is 2.30. The van der Waals surface area contributed by atoms with Crippen LogP contribution in [0.15, 0.2) is 85.3 Å². The van der Waals surface area contributed by atoms with Gasteiger partial charge in [-0.15, -0.1) is 0 Å². The van der Waals surface area contributed by atoms with Crippen LogP contribution in [0.1, 0.15) is 52.1 Å². The van der Waals surface area contributed by atoms with Gasteiger partial charge < -0.3 is 15.5 Å². The molecular weight excluding hydrogens is 462 g/mol. The molecule has 186 valence electrons. The number of nitrogens with zero attached hydrogens (tertiary/aromatic N) is 5. The molecule has 1 fully saturated rings. The van der Waals surface area contributed by atoms with Crippen molar-refractivity contribution in [2.45, 2.75) is 31.2 Å². The minimum atomic E-state index is -0.0268. The second-order valence-electron chi connectivity index (χ2n) is 9.60. The van der Waals surface area contributed by atoms with E-state index in [4.69, 9.17) is 5.10 Å². The Kier molecular flexibility index (Phi) is 6.14. The molecule has 1 atom stereocenters. The summed E-state index contributed by atoms with van der Waals surface area (Å²) in [6.07, 6.45) is 10.7. The molecular formula is C29H29N7O. The number of aromatic nitrogens is 4. The number of amides is 1. The largest absolute Gasteiger partial charge is 0.359 e. The quantitative estimate of drug-likeness (QED) is 0.363. The Balaban J connectivity index is 1.18. The Hall–Kier alpha value is -4.46. The molecule has 1 aliphatic carbocycles. The van der Waals surface area contributed by atoms with Gasteiger partial charge in [0.2, 0.25) is 0 Å². The summed E-state index contributed by atoms with van der Waals surface area (Å²) in [6, 6.07) is 19.6. The lowest BCUT2D eigenvalue weighted by molar-refractivity contribution is 0.0796. The van der Waals surface area contributed by atoms with Crippen molar-refractivity contribution in [3.8, 4) is 0 Å². The molecule has 4 heterocycles. The molecule has 1 aromatic carbocycles. The molecule has 0 bridgehead atoms. The van der Waals surface area contributed by atoms with Crippen molar-refractivity contribution < 1.29 is 4.79 Å². The van der Waals surface area contributed by atoms with Crippen LogP contribution in [0.5, 0.6) is 0 Å². The molecule has 1 amide bonds. The summed E-state index contributed by atoms with van der Waals surface area (Å²) < 4.78 is 1.94. The highest BCUT2D eigenvalue weighted by molar-refractivity contribution is 5.94. The maximum atomic E-state index is 12.9. The Labute approximate surface area is 216 Å². The van der Waals surface area contributed by atoms with Crippen LogP contribution in [-0.2, 0) is 6.42 Å². The average Bonchev–Trinajstić information content (AvgIpc) is 3.71. The predicted octanol–water partition coefficient (Wildman–Crippen LogP) is 4.94. The molecule has 0 spiro atoms. The van der Waals surface area contributed by atoms with Gasteiger partial charge >= 0.3 is 0 Å². The second kappa shape index (κ2) is 9.89. The van der Waals surface area contributed by atoms with Crippen LogP contribution in [0, 0.1) is 0 Å². The highest BCUT2D eigenvalue weighted by Crippen LogP contribution is 2.42. The molecule has 4 aromatic rings. The standard InChI is InChI=1S/C29H29N7O/c1-35(16-13-23-6-2-3-15-31-23)29(37)21-9-11-24(12-10-21)32-27-17-25(22-5-4-14-30-19-22)33-28-18-26(20-7-8-20)34-36(27)28/h2-6,9-12,14-15,17-20,25,32-33H,7-8,13,16H2,1H3. The van der Waals surface area contributed by atoms with Gasteiger partial charge in [-0.1, -0.05) is 12.1 Å². The van der Waals surface area contributed by atoms with Crippen molar-refractivity contribution in [1.29, 1.82) is 0 Å². The lowest BCUT2D eigenvalue weighted by atomic mass is 10.1. The Bertz CT molecular complexity index is 1410. The number of fused-ring (bicyclic) bond motifs is 1. The summed E-state index contributed by atoms with van der Waals surface area (Å²) in [4.78, 5) is 23.3. The third-order valence-electron chi connectivity index (χ3n) is 6.80. The monoisotopic (exact) mass is 491 g/mol. The van der Waals surface area contributed by atoms with E-state index >= 15 is 0 Å². The van der Waals surface area contributed by atoms with E-state index in [-0.39, 0.29) is 11.9 Å². The minimum absolute atomic E-state index is 0.0105. The maximum Gasteiger partial charge on any atom is 0.253 e. The van der Waals surface area contributed by atoms with Crippen LogP contribution in [0.25, 0.3) is 5.82 Å². The van der Waals surface area contributed by atoms with Gasteiger partial charge in [-0.05, 0) is 66.9 Å². The fourth-order valence-corrected chi connectivity index (χ4v) is 4.52. The number of carbonyl (C=O) groups excluding carboxylic acids is 1. The first-order chi connectivity index (χ1) is 18.1. The molecule has 8 nitrogen and oxygen atoms in total. The van der Waals surface area contributed by atoms with Crippen molar-refractivity contribution in [1.82, 2.24) is 24.6 Å². The van der Waals surface area contributed by atoms with Crippen LogP contribution >= 0.6 is 0 Å². The van der Waals surface area contributed by atoms with Crippen molar-refractivity contribution in [3.63, 3.8) is 0 Å². The highest BCUT2D eigenvalue weighted by atomic mass is 16.2. The van der Waals surface area contributed by atoms with E-state index in [1.54, 1.807) is 17.3 Å². The van der Waals surface area contributed by atoms with Crippen LogP contribution in [0.4, 0.5) is 11.5 Å². The van der Waals surface area contributed by atoms with Crippen molar-refractivity contribution in [2.24, 2.45) is 0 Å². The third kappa shape index (κ3) is 5.09. The fraction of sp³-hybridized carbons (Fsp3) is 0.241. The summed E-state index contributed by atoms with van der Waals surface area (Å²) in [5.41, 5.74) is 4.72. The van der Waals surface area contributed by atoms with Crippen LogP contribution < -0.4 is 10.6 Å². The summed E-state index contributed by atoms with van der Waals surface area (Å²) >= 11 is 0. The normalized spacial score (nSPS) is 16.4. The molecule has 1 aliphatic heterocycles. The Morgan fingerprint density at radius 1 is 1.11 bits per heavy atom. The number of pyridine rings is 2. The summed E-state index contributed by atoms with van der Waals surface area (Å²) in [5.74, 6) is 2.38. The van der Waals surface area contributed by atoms with E-state index in [0.717, 1.165) is 40.7 Å². The Morgan fingerprint density at radius 3 is 2.70 bits per heavy atom. The zero-order chi connectivity index (χ0) is 25.2. The number of carbonyl (C=O) groups is 1. The SMILES string of the molecule is CN(CCc1ccccn1)C(=O)c1ccc(NC2=CC(c3cccnc3)Nc3cc(C4CC4)nn32)cc1. The molecule has 0 saturated heterocycles. The van der Waals surface area contributed by atoms with Crippen molar-refractivity contribution in [2.75, 3.05) is 24.2 Å². The molecule has 2 aliphatic rings. The van der Waals surface area contributed by atoms with Crippen LogP contribution in [0.2, 0.25) is 0 Å². The number of hydrogen-bond donors (Lipinski definition) is 2. The molecule has 37 heavy (non-hydrogen) atoms. The maximum absolute atomic E-state index is 12.9. The third-order valence-corrected chi connectivity index (χ3v) is 6.80. The first kappa shape index (κ1) is 23.0. The summed E-state index contributed by atoms with van der Waals surface area (Å²) in [7, 11) is 1.83. The number of likely N-dealkylation sites (N-methyl/N-ethyl adjacent to an activating group) is 1. The van der Waals surface area contributed by atoms with Gasteiger partial charge in [0.15, 0.2) is 0 Å². The molecule has 8 heteroatoms. The van der Waals surface area contributed by atoms with Gasteiger partial charge in [0, 0.05) is 67.5 Å². The van der Waals surface area contributed by atoms with E-state index in [9.17, 15) is 4.79 Å². The first-order valence-corrected chi connectivity index (χ1v) is 12.6. The van der Waals surface area contributed by atoms with Gasteiger partial charge in [-0.3, -0.25) is 14.8 Å². The summed E-state index contributed by atoms with van der Waals surface area (Å²) in [5, 5.41) is 12.0. The van der Waals surface area contributed by atoms with Crippen molar-refractivity contribution in [3.05, 3.63) is 108 Å². The van der Waals surface area contributed by atoms with Crippen LogP contribution in [-0.4, -0.2) is 44.1 Å². The van der Waals surface area contributed by atoms with E-state index in [1.165, 1.54) is 12.8 Å². The average molecular weight is 492 g/mol. The van der Waals surface area contributed by atoms with Crippen molar-refractivity contribution >= 4 is 23.2 Å². The number of anilines is 2. The lowest BCUT2D eigenvalue weighted by Crippen LogP contribution is -2.29. The number of hydrogen-bond acceptors (Lipinski definition) is 6. The molecule has 3 aromatic heterocycles. The predicted molar refractivity (Wildman–Crippen MR) is 144 cm³/mol. The molecule has 6 rings (SSSR count). The minimum Gasteiger partial charge on any atom is -0.359 e. The zero-order valence-corrected chi connectivity index (χ0v) is 20.7. The van der Waals surface area contributed by atoms with E-state index < -0.39 is 0 Å². The number of nitrogens with one attached hydrogen (secondary N) is 2. The van der Waals surface area contributed by atoms with E-state index in [0.29, 0.717) is 18.0 Å². The number of benzene rings is 1. The second-order valence-corrected chi connectivity index (χ2v) is 9.60. The van der Waals surface area contributed by atoms with Gasteiger partial charge in [-0.25, -0.2) is 4.68 Å². The molecule has 2 N–H and O–H groups in total. The molecule has 1 unspecified atom stereocenters. The number of rotatable bonds is 8. The van der Waals surface area contributed by atoms with E-state index in [2.05, 4.69) is 38.8 Å². The zero-order valence-electron chi connectivity index (χ0n) is 20.7. The van der Waals surface area contributed by atoms with Crippen LogP contribution in [0.3, 0.4) is 0 Å². The van der Waals surface area contributed by atoms with Gasteiger partial charge in [0.25, 0.3) is 5.91 Å². The van der Waals surface area contributed by atoms with Gasteiger partial charge in [0.1, 0.15) is 11.6 Å². The van der Waals surface area contributed by atoms with E-state index in [1.807, 2.05) is 66.5 Å². The van der Waals surface area contributed by atoms with Gasteiger partial charge in [-0.2, -0.15) is 5.10 Å². The topological polar surface area (TPSA) is 88.0 Å². The van der Waals surface area contributed by atoms with Gasteiger partial charge in [0.05, 0.1) is 11.7 Å². The fourth-order valence-electron chi connectivity index (χ4n) is 4.52. The summed E-state index contributed by atoms with van der Waals surface area (Å²) in [6.45, 7) is 0.608. The Morgan fingerprint density at radius 2 is 1.97 bits per heavy atom.